The van der Waals surface area contributed by atoms with Crippen molar-refractivity contribution in [3.8, 4) is 0 Å². The maximum atomic E-state index is 6.75. The molecule has 0 fully saturated rings. The van der Waals surface area contributed by atoms with Crippen molar-refractivity contribution in [3.63, 3.8) is 0 Å². The van der Waals surface area contributed by atoms with Gasteiger partial charge in [-0.25, -0.2) is 0 Å². The van der Waals surface area contributed by atoms with Crippen LogP contribution in [0.15, 0.2) is 42.7 Å². The molecule has 0 spiro atoms. The van der Waals surface area contributed by atoms with E-state index in [1.807, 2.05) is 12.4 Å². The molecule has 2 aromatic heterocycles. The molecule has 0 amide bonds. The number of H-pyrrole nitrogens is 1. The third-order valence-corrected chi connectivity index (χ3v) is 4.09. The highest BCUT2D eigenvalue weighted by atomic mass is 15.0. The number of aromatic amines is 1. The average Bonchev–Trinajstić information content (AvgIpc) is 2.93. The number of rotatable bonds is 0. The monoisotopic (exact) mass is 288 g/mol. The summed E-state index contributed by atoms with van der Waals surface area (Å²) in [5, 5.41) is 5.15. The van der Waals surface area contributed by atoms with Gasteiger partial charge >= 0.3 is 0 Å². The Balaban J connectivity index is 0.000000446. The van der Waals surface area contributed by atoms with Crippen molar-refractivity contribution in [2.24, 2.45) is 0 Å². The third kappa shape index (κ3) is 1.96. The molecule has 5 nitrogen and oxygen atoms in total. The molecule has 2 aromatic carbocycles. The normalized spacial score (nSPS) is 10.5. The molecular formula is C17H14N5-. The minimum Gasteiger partial charge on any atom is -0.373 e. The molecule has 5 heteroatoms. The van der Waals surface area contributed by atoms with E-state index >= 15 is 0 Å². The van der Waals surface area contributed by atoms with E-state index in [1.165, 1.54) is 48.6 Å². The first-order chi connectivity index (χ1) is 10.7. The van der Waals surface area contributed by atoms with Crippen LogP contribution in [0, 0.1) is 13.8 Å². The van der Waals surface area contributed by atoms with Gasteiger partial charge in [0.1, 0.15) is 0 Å². The first kappa shape index (κ1) is 13.9. The minimum atomic E-state index is 1.20. The Morgan fingerprint density at radius 3 is 2.45 bits per heavy atom. The molecule has 4 rings (SSSR count). The van der Waals surface area contributed by atoms with E-state index in [0.29, 0.717) is 0 Å². The van der Waals surface area contributed by atoms with Crippen molar-refractivity contribution in [2.45, 2.75) is 13.8 Å². The highest BCUT2D eigenvalue weighted by Gasteiger charge is 2.13. The Hall–Kier alpha value is -3.04. The lowest BCUT2D eigenvalue weighted by molar-refractivity contribution is 1.35. The molecule has 0 aliphatic heterocycles. The Morgan fingerprint density at radius 2 is 1.68 bits per heavy atom. The highest BCUT2D eigenvalue weighted by Crippen LogP contribution is 2.35. The van der Waals surface area contributed by atoms with Crippen LogP contribution < -0.4 is 0 Å². The fourth-order valence-electron chi connectivity index (χ4n) is 3.10. The van der Waals surface area contributed by atoms with E-state index in [2.05, 4.69) is 54.1 Å². The van der Waals surface area contributed by atoms with Gasteiger partial charge in [-0.1, -0.05) is 18.2 Å². The Bertz CT molecular complexity index is 1020. The first-order valence-corrected chi connectivity index (χ1v) is 6.90. The number of fused-ring (bicyclic) bond motifs is 4. The fraction of sp³-hybridized carbons (Fsp3) is 0.118. The van der Waals surface area contributed by atoms with Gasteiger partial charge in [0.25, 0.3) is 0 Å². The van der Waals surface area contributed by atoms with Gasteiger partial charge in [-0.3, -0.25) is 9.90 Å². The van der Waals surface area contributed by atoms with Crippen LogP contribution in [0.3, 0.4) is 0 Å². The SMILES string of the molecule is Cc1c2ccncc2c(C)c2c1[nH]c1ccccc12.[N-]=[N+]=[N-]. The molecule has 1 N–H and O–H groups in total. The van der Waals surface area contributed by atoms with Gasteiger partial charge in [-0.15, -0.1) is 0 Å². The van der Waals surface area contributed by atoms with Crippen LogP contribution >= 0.6 is 0 Å². The van der Waals surface area contributed by atoms with E-state index in [-0.39, 0.29) is 0 Å². The van der Waals surface area contributed by atoms with Crippen LogP contribution in [-0.2, 0) is 0 Å². The fourth-order valence-corrected chi connectivity index (χ4v) is 3.10. The van der Waals surface area contributed by atoms with E-state index in [9.17, 15) is 0 Å². The number of nitrogens with zero attached hydrogens (tertiary/aromatic N) is 4. The number of aromatic nitrogens is 2. The predicted molar refractivity (Wildman–Crippen MR) is 90.7 cm³/mol. The van der Waals surface area contributed by atoms with Gasteiger partial charge < -0.3 is 16.0 Å². The lowest BCUT2D eigenvalue weighted by Gasteiger charge is -2.08. The second kappa shape index (κ2) is 5.39. The summed E-state index contributed by atoms with van der Waals surface area (Å²) in [6.07, 6.45) is 3.84. The maximum absolute atomic E-state index is 6.75. The van der Waals surface area contributed by atoms with Gasteiger partial charge in [0.15, 0.2) is 0 Å². The zero-order valence-electron chi connectivity index (χ0n) is 12.3. The van der Waals surface area contributed by atoms with Crippen LogP contribution in [0.2, 0.25) is 0 Å². The summed E-state index contributed by atoms with van der Waals surface area (Å²) in [6, 6.07) is 10.6. The Labute approximate surface area is 127 Å². The predicted octanol–water partition coefficient (Wildman–Crippen LogP) is 5.35. The molecule has 0 aliphatic carbocycles. The van der Waals surface area contributed by atoms with E-state index in [4.69, 9.17) is 11.1 Å². The number of hydrogen-bond acceptors (Lipinski definition) is 1. The molecule has 22 heavy (non-hydrogen) atoms. The van der Waals surface area contributed by atoms with E-state index in [0.717, 1.165) is 0 Å². The lowest BCUT2D eigenvalue weighted by Crippen LogP contribution is -1.87. The summed E-state index contributed by atoms with van der Waals surface area (Å²) in [4.78, 5) is 9.33. The van der Waals surface area contributed by atoms with Crippen LogP contribution in [0.4, 0.5) is 0 Å². The number of para-hydroxylation sites is 1. The Kier molecular flexibility index (Phi) is 3.41. The molecule has 0 radical (unpaired) electrons. The molecule has 0 saturated heterocycles. The van der Waals surface area contributed by atoms with E-state index in [1.54, 1.807) is 0 Å². The largest absolute Gasteiger partial charge is 0.373 e. The zero-order chi connectivity index (χ0) is 15.7. The number of hydrogen-bond donors (Lipinski definition) is 1. The third-order valence-electron chi connectivity index (χ3n) is 4.09. The average molecular weight is 288 g/mol. The van der Waals surface area contributed by atoms with Gasteiger partial charge in [-0.2, -0.15) is 0 Å². The minimum absolute atomic E-state index is 1.20. The lowest BCUT2D eigenvalue weighted by atomic mass is 9.97. The standard InChI is InChI=1S/C17H14N2.N3/c1-10-14-9-18-8-7-12(14)11(2)17-16(10)13-5-3-4-6-15(13)19-17;1-3-2/h3-9,19H,1-2H3;/q;-1. The molecule has 108 valence electrons. The molecular weight excluding hydrogens is 274 g/mol. The highest BCUT2D eigenvalue weighted by molar-refractivity contribution is 6.16. The van der Waals surface area contributed by atoms with Crippen molar-refractivity contribution in [1.29, 1.82) is 0 Å². The summed E-state index contributed by atoms with van der Waals surface area (Å²) >= 11 is 0. The number of benzene rings is 2. The van der Waals surface area contributed by atoms with Gasteiger partial charge in [0.2, 0.25) is 0 Å². The van der Waals surface area contributed by atoms with Crippen LogP contribution in [0.25, 0.3) is 48.6 Å². The van der Waals surface area contributed by atoms with Crippen LogP contribution in [0.5, 0.6) is 0 Å². The van der Waals surface area contributed by atoms with Crippen LogP contribution in [0.1, 0.15) is 11.1 Å². The molecule has 4 aromatic rings. The molecule has 0 atom stereocenters. The topological polar surface area (TPSA) is 87.4 Å². The summed E-state index contributed by atoms with van der Waals surface area (Å²) in [6.45, 7) is 4.37. The summed E-state index contributed by atoms with van der Waals surface area (Å²) < 4.78 is 0. The summed E-state index contributed by atoms with van der Waals surface area (Å²) in [5.74, 6) is 0. The van der Waals surface area contributed by atoms with Crippen molar-refractivity contribution in [1.82, 2.24) is 9.97 Å². The molecule has 0 unspecified atom stereocenters. The van der Waals surface area contributed by atoms with Gasteiger partial charge in [0, 0.05) is 34.1 Å². The second-order valence-corrected chi connectivity index (χ2v) is 5.18. The Morgan fingerprint density at radius 1 is 0.955 bits per heavy atom. The molecule has 2 heterocycles. The molecule has 0 saturated carbocycles. The number of pyridine rings is 1. The van der Waals surface area contributed by atoms with Crippen LogP contribution in [-0.4, -0.2) is 9.97 Å². The van der Waals surface area contributed by atoms with Gasteiger partial charge in [-0.05, 0) is 42.5 Å². The quantitative estimate of drug-likeness (QED) is 0.264. The summed E-state index contributed by atoms with van der Waals surface area (Å²) in [7, 11) is 0. The smallest absolute Gasteiger partial charge is 0.0503 e. The van der Waals surface area contributed by atoms with Crippen molar-refractivity contribution < 1.29 is 0 Å². The second-order valence-electron chi connectivity index (χ2n) is 5.18. The van der Waals surface area contributed by atoms with Crippen molar-refractivity contribution in [2.75, 3.05) is 0 Å². The zero-order valence-corrected chi connectivity index (χ0v) is 12.3. The van der Waals surface area contributed by atoms with Crippen molar-refractivity contribution >= 4 is 32.6 Å². The van der Waals surface area contributed by atoms with E-state index < -0.39 is 0 Å². The first-order valence-electron chi connectivity index (χ1n) is 6.90. The summed E-state index contributed by atoms with van der Waals surface area (Å²) in [5.41, 5.74) is 18.6. The number of aryl methyl sites for hydroxylation is 2. The van der Waals surface area contributed by atoms with Gasteiger partial charge in [0.05, 0.1) is 5.52 Å². The molecule has 0 bridgehead atoms. The number of nitrogens with one attached hydrogen (secondary N) is 1. The molecule has 0 aliphatic rings. The van der Waals surface area contributed by atoms with Crippen molar-refractivity contribution in [3.05, 3.63) is 69.8 Å². The maximum Gasteiger partial charge on any atom is 0.0503 e.